The Labute approximate surface area is 273 Å². The highest BCUT2D eigenvalue weighted by molar-refractivity contribution is 5.92. The number of Topliss-reactive ketones (excluding diaryl/α,β-unsaturated/α-hetero) is 1. The van der Waals surface area contributed by atoms with Gasteiger partial charge in [-0.1, -0.05) is 75.7 Å². The SMILES string of the molecule is CC#CCOc1ccc(C[C@H](NC(=O)[C@@H](/C=C/CCCCCCC(=O)CCCCCCC)[C@@](O)(CCF)C(=O)O)C(=O)OC)cc1. The first-order chi connectivity index (χ1) is 22.1. The number of unbranched alkanes of at least 4 members (excludes halogenated alkanes) is 8. The summed E-state index contributed by atoms with van der Waals surface area (Å²) in [5, 5.41) is 23.2. The van der Waals surface area contributed by atoms with Crippen LogP contribution < -0.4 is 10.1 Å². The van der Waals surface area contributed by atoms with Crippen LogP contribution in [0.1, 0.15) is 103 Å². The molecule has 1 amide bonds. The van der Waals surface area contributed by atoms with Gasteiger partial charge in [-0.2, -0.15) is 0 Å². The Morgan fingerprint density at radius 1 is 1.00 bits per heavy atom. The molecule has 46 heavy (non-hydrogen) atoms. The number of methoxy groups -OCH3 is 1. The summed E-state index contributed by atoms with van der Waals surface area (Å²) in [6, 6.07) is 5.58. The third-order valence-electron chi connectivity index (χ3n) is 7.76. The van der Waals surface area contributed by atoms with Gasteiger partial charge in [-0.05, 0) is 50.3 Å². The van der Waals surface area contributed by atoms with Crippen LogP contribution in [0.5, 0.6) is 5.75 Å². The molecule has 3 N–H and O–H groups in total. The van der Waals surface area contributed by atoms with Gasteiger partial charge >= 0.3 is 11.9 Å². The number of carboxylic acid groups (broad SMARTS) is 1. The fourth-order valence-electron chi connectivity index (χ4n) is 4.97. The summed E-state index contributed by atoms with van der Waals surface area (Å²) in [7, 11) is 1.16. The molecule has 3 atom stereocenters. The van der Waals surface area contributed by atoms with Crippen LogP contribution in [0.3, 0.4) is 0 Å². The normalized spacial score (nSPS) is 13.6. The van der Waals surface area contributed by atoms with Crippen LogP contribution in [-0.2, 0) is 30.3 Å². The van der Waals surface area contributed by atoms with Crippen LogP contribution >= 0.6 is 0 Å². The third-order valence-corrected chi connectivity index (χ3v) is 7.76. The molecular weight excluding hydrogens is 593 g/mol. The number of rotatable bonds is 25. The number of ketones is 1. The van der Waals surface area contributed by atoms with Crippen LogP contribution in [0.4, 0.5) is 4.39 Å². The molecule has 0 aliphatic carbocycles. The number of amides is 1. The summed E-state index contributed by atoms with van der Waals surface area (Å²) >= 11 is 0. The van der Waals surface area contributed by atoms with Crippen molar-refractivity contribution in [3.8, 4) is 17.6 Å². The minimum atomic E-state index is -2.73. The van der Waals surface area contributed by atoms with Gasteiger partial charge < -0.3 is 25.0 Å². The number of carboxylic acids is 1. The second-order valence-electron chi connectivity index (χ2n) is 11.4. The molecule has 9 nitrogen and oxygen atoms in total. The number of halogens is 1. The fourth-order valence-corrected chi connectivity index (χ4v) is 4.97. The lowest BCUT2D eigenvalue weighted by atomic mass is 9.83. The second-order valence-corrected chi connectivity index (χ2v) is 11.4. The summed E-state index contributed by atoms with van der Waals surface area (Å²) < 4.78 is 23.7. The van der Waals surface area contributed by atoms with Crippen LogP contribution in [0.25, 0.3) is 0 Å². The molecule has 0 aliphatic heterocycles. The zero-order valence-corrected chi connectivity index (χ0v) is 27.7. The van der Waals surface area contributed by atoms with Crippen LogP contribution in [0, 0.1) is 17.8 Å². The topological polar surface area (TPSA) is 139 Å². The average Bonchev–Trinajstić information content (AvgIpc) is 3.04. The summed E-state index contributed by atoms with van der Waals surface area (Å²) in [4.78, 5) is 50.1. The van der Waals surface area contributed by atoms with Crippen molar-refractivity contribution in [2.24, 2.45) is 5.92 Å². The molecule has 0 heterocycles. The van der Waals surface area contributed by atoms with Crippen LogP contribution in [0.15, 0.2) is 36.4 Å². The van der Waals surface area contributed by atoms with Crippen molar-refractivity contribution in [2.45, 2.75) is 115 Å². The Bertz CT molecular complexity index is 1160. The van der Waals surface area contributed by atoms with E-state index in [0.717, 1.165) is 45.6 Å². The number of carbonyl (C=O) groups excluding carboxylic acids is 3. The van der Waals surface area contributed by atoms with E-state index in [9.17, 15) is 33.8 Å². The molecule has 0 radical (unpaired) electrons. The largest absolute Gasteiger partial charge is 0.481 e. The standard InChI is InChI=1S/C36H52FNO8/c1-4-6-8-11-14-17-29(39)18-15-12-9-10-13-16-19-31(36(44,24-25-37)35(42)43)33(40)38-32(34(41)45-3)27-28-20-22-30(23-21-28)46-26-7-5-2/h16,19-23,31-32,44H,4,6,8-15,17-18,24-27H2,1-3H3,(H,38,40)(H,42,43)/b19-16+/t31-,32+,36+/m1/s1. The molecule has 10 heteroatoms. The van der Waals surface area contributed by atoms with Gasteiger partial charge in [0.2, 0.25) is 5.91 Å². The van der Waals surface area contributed by atoms with Crippen molar-refractivity contribution in [2.75, 3.05) is 20.4 Å². The van der Waals surface area contributed by atoms with Crippen molar-refractivity contribution in [3.63, 3.8) is 0 Å². The molecule has 256 valence electrons. The van der Waals surface area contributed by atoms with E-state index in [1.807, 2.05) is 0 Å². The number of esters is 1. The molecule has 1 aromatic rings. The summed E-state index contributed by atoms with van der Waals surface area (Å²) in [5.74, 6) is 1.24. The lowest BCUT2D eigenvalue weighted by Crippen LogP contribution is -2.55. The molecule has 0 aliphatic rings. The maximum absolute atomic E-state index is 13.4. The van der Waals surface area contributed by atoms with Gasteiger partial charge in [0.25, 0.3) is 0 Å². The van der Waals surface area contributed by atoms with Crippen molar-refractivity contribution < 1.29 is 43.3 Å². The highest BCUT2D eigenvalue weighted by Gasteiger charge is 2.47. The smallest absolute Gasteiger partial charge is 0.336 e. The van der Waals surface area contributed by atoms with Gasteiger partial charge in [0.15, 0.2) is 5.60 Å². The Morgan fingerprint density at radius 3 is 2.20 bits per heavy atom. The number of ether oxygens (including phenoxy) is 2. The van der Waals surface area contributed by atoms with Crippen LogP contribution in [0.2, 0.25) is 0 Å². The highest BCUT2D eigenvalue weighted by Crippen LogP contribution is 2.26. The van der Waals surface area contributed by atoms with E-state index >= 15 is 0 Å². The predicted octanol–water partition coefficient (Wildman–Crippen LogP) is 5.91. The number of hydrogen-bond acceptors (Lipinski definition) is 7. The summed E-state index contributed by atoms with van der Waals surface area (Å²) in [6.45, 7) is 2.91. The molecule has 0 unspecified atom stereocenters. The molecule has 0 saturated carbocycles. The van der Waals surface area contributed by atoms with E-state index in [-0.39, 0.29) is 13.0 Å². The number of carbonyl (C=O) groups is 4. The minimum absolute atomic E-state index is 0.0138. The van der Waals surface area contributed by atoms with E-state index in [2.05, 4.69) is 24.1 Å². The monoisotopic (exact) mass is 645 g/mol. The van der Waals surface area contributed by atoms with Crippen molar-refractivity contribution in [1.29, 1.82) is 0 Å². The van der Waals surface area contributed by atoms with Crippen molar-refractivity contribution >= 4 is 23.6 Å². The first kappa shape index (κ1) is 40.3. The number of allylic oxidation sites excluding steroid dienone is 1. The highest BCUT2D eigenvalue weighted by atomic mass is 19.1. The number of nitrogens with one attached hydrogen (secondary N) is 1. The first-order valence-electron chi connectivity index (χ1n) is 16.3. The van der Waals surface area contributed by atoms with Gasteiger partial charge in [0.05, 0.1) is 19.7 Å². The molecule has 0 fully saturated rings. The lowest BCUT2D eigenvalue weighted by Gasteiger charge is -2.30. The van der Waals surface area contributed by atoms with Gasteiger partial charge in [-0.15, -0.1) is 5.92 Å². The van der Waals surface area contributed by atoms with E-state index in [1.54, 1.807) is 37.3 Å². The number of benzene rings is 1. The lowest BCUT2D eigenvalue weighted by molar-refractivity contribution is -0.168. The zero-order chi connectivity index (χ0) is 34.2. The van der Waals surface area contributed by atoms with Crippen LogP contribution in [-0.4, -0.2) is 65.9 Å². The van der Waals surface area contributed by atoms with Gasteiger partial charge in [0.1, 0.15) is 24.2 Å². The molecule has 1 rings (SSSR count). The minimum Gasteiger partial charge on any atom is -0.481 e. The van der Waals surface area contributed by atoms with E-state index in [0.29, 0.717) is 36.4 Å². The van der Waals surface area contributed by atoms with Gasteiger partial charge in [0, 0.05) is 25.7 Å². The summed E-state index contributed by atoms with van der Waals surface area (Å²) in [5.41, 5.74) is -2.07. The van der Waals surface area contributed by atoms with Gasteiger partial charge in [-0.3, -0.25) is 14.0 Å². The van der Waals surface area contributed by atoms with Crippen molar-refractivity contribution in [1.82, 2.24) is 5.32 Å². The Kier molecular flexibility index (Phi) is 20.7. The van der Waals surface area contributed by atoms with E-state index in [4.69, 9.17) is 9.47 Å². The van der Waals surface area contributed by atoms with E-state index in [1.165, 1.54) is 25.3 Å². The molecular formula is C36H52FNO8. The average molecular weight is 646 g/mol. The molecule has 1 aromatic carbocycles. The zero-order valence-electron chi connectivity index (χ0n) is 27.7. The van der Waals surface area contributed by atoms with Crippen molar-refractivity contribution in [3.05, 3.63) is 42.0 Å². The number of hydrogen-bond donors (Lipinski definition) is 3. The number of aliphatic hydroxyl groups is 1. The summed E-state index contributed by atoms with van der Waals surface area (Å²) in [6.07, 6.45) is 12.5. The third kappa shape index (κ3) is 15.5. The Hall–Kier alpha value is -3.71. The Balaban J connectivity index is 2.82. The van der Waals surface area contributed by atoms with Gasteiger partial charge in [-0.25, -0.2) is 9.59 Å². The molecule has 0 saturated heterocycles. The first-order valence-corrected chi connectivity index (χ1v) is 16.3. The Morgan fingerprint density at radius 2 is 1.63 bits per heavy atom. The maximum Gasteiger partial charge on any atom is 0.336 e. The number of aliphatic carboxylic acids is 1. The molecule has 0 bridgehead atoms. The van der Waals surface area contributed by atoms with E-state index < -0.39 is 48.5 Å². The number of alkyl halides is 1. The maximum atomic E-state index is 13.4. The fraction of sp³-hybridized carbons (Fsp3) is 0.611. The quantitative estimate of drug-likeness (QED) is 0.0517. The molecule has 0 aromatic heterocycles. The molecule has 0 spiro atoms. The predicted molar refractivity (Wildman–Crippen MR) is 175 cm³/mol. The second kappa shape index (κ2) is 23.6.